The van der Waals surface area contributed by atoms with Gasteiger partial charge in [0.2, 0.25) is 10.0 Å². The van der Waals surface area contributed by atoms with Crippen molar-refractivity contribution in [1.29, 1.82) is 0 Å². The van der Waals surface area contributed by atoms with Crippen LogP contribution >= 0.6 is 11.6 Å². The molecule has 0 aliphatic heterocycles. The molecule has 0 aromatic heterocycles. The standard InChI is InChI=1S/C17H17ClN2O5S/c1-26(23,24)20-15-9-13(7-8-14(15)18)17(22)19-10-16(21)25-11-12-5-3-2-4-6-12/h2-9,20H,10-11H2,1H3,(H,19,22). The summed E-state index contributed by atoms with van der Waals surface area (Å²) in [6.45, 7) is -0.206. The van der Waals surface area contributed by atoms with Gasteiger partial charge in [0.05, 0.1) is 17.0 Å². The van der Waals surface area contributed by atoms with E-state index in [2.05, 4.69) is 10.0 Å². The largest absolute Gasteiger partial charge is 0.460 e. The molecular weight excluding hydrogens is 380 g/mol. The molecule has 2 aromatic carbocycles. The fourth-order valence-corrected chi connectivity index (χ4v) is 2.78. The molecule has 0 saturated heterocycles. The van der Waals surface area contributed by atoms with E-state index in [-0.39, 0.29) is 29.4 Å². The summed E-state index contributed by atoms with van der Waals surface area (Å²) in [5.41, 5.74) is 1.06. The third kappa shape index (κ3) is 6.38. The normalized spacial score (nSPS) is 10.8. The van der Waals surface area contributed by atoms with Crippen molar-refractivity contribution in [1.82, 2.24) is 5.32 Å². The summed E-state index contributed by atoms with van der Waals surface area (Å²) in [6.07, 6.45) is 0.971. The molecule has 0 radical (unpaired) electrons. The Morgan fingerprint density at radius 3 is 2.46 bits per heavy atom. The average molecular weight is 397 g/mol. The first-order chi connectivity index (χ1) is 12.2. The van der Waals surface area contributed by atoms with E-state index in [0.717, 1.165) is 11.8 Å². The number of halogens is 1. The van der Waals surface area contributed by atoms with Crippen LogP contribution in [0, 0.1) is 0 Å². The predicted molar refractivity (Wildman–Crippen MR) is 98.5 cm³/mol. The van der Waals surface area contributed by atoms with Crippen LogP contribution in [0.25, 0.3) is 0 Å². The molecule has 138 valence electrons. The Morgan fingerprint density at radius 1 is 1.12 bits per heavy atom. The van der Waals surface area contributed by atoms with E-state index in [1.807, 2.05) is 30.3 Å². The van der Waals surface area contributed by atoms with Gasteiger partial charge in [-0.1, -0.05) is 41.9 Å². The smallest absolute Gasteiger partial charge is 0.325 e. The number of ether oxygens (including phenoxy) is 1. The van der Waals surface area contributed by atoms with Gasteiger partial charge in [-0.15, -0.1) is 0 Å². The van der Waals surface area contributed by atoms with E-state index in [9.17, 15) is 18.0 Å². The molecule has 0 atom stereocenters. The van der Waals surface area contributed by atoms with E-state index < -0.39 is 21.9 Å². The molecule has 0 aliphatic rings. The third-order valence-corrected chi connectivity index (χ3v) is 4.08. The zero-order chi connectivity index (χ0) is 19.2. The number of carbonyl (C=O) groups is 2. The maximum absolute atomic E-state index is 12.1. The van der Waals surface area contributed by atoms with Gasteiger partial charge < -0.3 is 10.1 Å². The summed E-state index contributed by atoms with van der Waals surface area (Å²) in [5, 5.41) is 2.56. The van der Waals surface area contributed by atoms with Gasteiger partial charge >= 0.3 is 5.97 Å². The molecule has 0 saturated carbocycles. The van der Waals surface area contributed by atoms with Gasteiger partial charge in [-0.3, -0.25) is 14.3 Å². The van der Waals surface area contributed by atoms with Crippen molar-refractivity contribution in [2.45, 2.75) is 6.61 Å². The van der Waals surface area contributed by atoms with Crippen molar-refractivity contribution in [2.75, 3.05) is 17.5 Å². The van der Waals surface area contributed by atoms with Gasteiger partial charge in [-0.05, 0) is 23.8 Å². The van der Waals surface area contributed by atoms with Gasteiger partial charge in [0, 0.05) is 5.56 Å². The van der Waals surface area contributed by atoms with Gasteiger partial charge in [0.1, 0.15) is 13.2 Å². The molecule has 0 unspecified atom stereocenters. The van der Waals surface area contributed by atoms with Crippen molar-refractivity contribution >= 4 is 39.2 Å². The highest BCUT2D eigenvalue weighted by atomic mass is 35.5. The summed E-state index contributed by atoms with van der Waals surface area (Å²) in [4.78, 5) is 23.8. The molecular formula is C17H17ClN2O5S. The lowest BCUT2D eigenvalue weighted by molar-refractivity contribution is -0.143. The Bertz CT molecular complexity index is 901. The minimum atomic E-state index is -3.54. The maximum atomic E-state index is 12.1. The predicted octanol–water partition coefficient (Wildman–Crippen LogP) is 2.18. The number of carbonyl (C=O) groups excluding carboxylic acids is 2. The molecule has 0 spiro atoms. The van der Waals surface area contributed by atoms with Crippen molar-refractivity contribution in [3.05, 3.63) is 64.7 Å². The van der Waals surface area contributed by atoms with E-state index in [4.69, 9.17) is 16.3 Å². The number of sulfonamides is 1. The van der Waals surface area contributed by atoms with Gasteiger partial charge in [-0.25, -0.2) is 8.42 Å². The molecule has 0 bridgehead atoms. The lowest BCUT2D eigenvalue weighted by Gasteiger charge is -2.10. The summed E-state index contributed by atoms with van der Waals surface area (Å²) in [6, 6.07) is 13.2. The number of hydrogen-bond donors (Lipinski definition) is 2. The molecule has 7 nitrogen and oxygen atoms in total. The zero-order valence-electron chi connectivity index (χ0n) is 13.9. The third-order valence-electron chi connectivity index (χ3n) is 3.16. The number of esters is 1. The molecule has 26 heavy (non-hydrogen) atoms. The number of amides is 1. The van der Waals surface area contributed by atoms with E-state index in [1.54, 1.807) is 0 Å². The van der Waals surface area contributed by atoms with Crippen molar-refractivity contribution in [2.24, 2.45) is 0 Å². The van der Waals surface area contributed by atoms with Crippen LogP contribution in [0.4, 0.5) is 5.69 Å². The Labute approximate surface area is 156 Å². The molecule has 2 rings (SSSR count). The number of benzene rings is 2. The van der Waals surface area contributed by atoms with E-state index >= 15 is 0 Å². The number of rotatable bonds is 7. The molecule has 2 N–H and O–H groups in total. The summed E-state index contributed by atoms with van der Waals surface area (Å²) < 4.78 is 29.9. The molecule has 9 heteroatoms. The Hall–Kier alpha value is -2.58. The van der Waals surface area contributed by atoms with Crippen molar-refractivity contribution in [3.63, 3.8) is 0 Å². The minimum Gasteiger partial charge on any atom is -0.460 e. The lowest BCUT2D eigenvalue weighted by Crippen LogP contribution is -2.30. The van der Waals surface area contributed by atoms with Crippen LogP contribution in [0.3, 0.4) is 0 Å². The van der Waals surface area contributed by atoms with Gasteiger partial charge in [0.25, 0.3) is 5.91 Å². The number of anilines is 1. The van der Waals surface area contributed by atoms with Crippen LogP contribution in [-0.4, -0.2) is 33.1 Å². The first-order valence-corrected chi connectivity index (χ1v) is 9.76. The second kappa shape index (κ2) is 8.68. The zero-order valence-corrected chi connectivity index (χ0v) is 15.4. The maximum Gasteiger partial charge on any atom is 0.325 e. The monoisotopic (exact) mass is 396 g/mol. The topological polar surface area (TPSA) is 102 Å². The molecule has 0 aliphatic carbocycles. The first-order valence-electron chi connectivity index (χ1n) is 7.50. The van der Waals surface area contributed by atoms with Crippen LogP contribution in [0.1, 0.15) is 15.9 Å². The number of hydrogen-bond acceptors (Lipinski definition) is 5. The summed E-state index contributed by atoms with van der Waals surface area (Å²) >= 11 is 5.90. The quantitative estimate of drug-likeness (QED) is 0.698. The second-order valence-corrected chi connectivity index (χ2v) is 7.55. The molecule has 2 aromatic rings. The first kappa shape index (κ1) is 19.7. The summed E-state index contributed by atoms with van der Waals surface area (Å²) in [5.74, 6) is -1.15. The van der Waals surface area contributed by atoms with Crippen LogP contribution in [0.5, 0.6) is 0 Å². The SMILES string of the molecule is CS(=O)(=O)Nc1cc(C(=O)NCC(=O)OCc2ccccc2)ccc1Cl. The average Bonchev–Trinajstić information content (AvgIpc) is 2.59. The van der Waals surface area contributed by atoms with Crippen molar-refractivity contribution < 1.29 is 22.7 Å². The van der Waals surface area contributed by atoms with E-state index in [1.165, 1.54) is 18.2 Å². The lowest BCUT2D eigenvalue weighted by atomic mass is 10.2. The fraction of sp³-hybridized carbons (Fsp3) is 0.176. The summed E-state index contributed by atoms with van der Waals surface area (Å²) in [7, 11) is -3.54. The van der Waals surface area contributed by atoms with Crippen LogP contribution in [0.2, 0.25) is 5.02 Å². The highest BCUT2D eigenvalue weighted by Gasteiger charge is 2.13. The number of nitrogens with one attached hydrogen (secondary N) is 2. The highest BCUT2D eigenvalue weighted by Crippen LogP contribution is 2.23. The van der Waals surface area contributed by atoms with Crippen LogP contribution in [0.15, 0.2) is 48.5 Å². The van der Waals surface area contributed by atoms with Gasteiger partial charge in [-0.2, -0.15) is 0 Å². The molecule has 1 amide bonds. The van der Waals surface area contributed by atoms with Crippen LogP contribution in [-0.2, 0) is 26.2 Å². The Morgan fingerprint density at radius 2 is 1.81 bits per heavy atom. The Balaban J connectivity index is 1.91. The minimum absolute atomic E-state index is 0.0773. The molecule has 0 fully saturated rings. The fourth-order valence-electron chi connectivity index (χ4n) is 1.99. The van der Waals surface area contributed by atoms with E-state index in [0.29, 0.717) is 0 Å². The Kier molecular flexibility index (Phi) is 6.59. The second-order valence-electron chi connectivity index (χ2n) is 5.40. The van der Waals surface area contributed by atoms with Crippen molar-refractivity contribution in [3.8, 4) is 0 Å². The highest BCUT2D eigenvalue weighted by molar-refractivity contribution is 7.92. The van der Waals surface area contributed by atoms with Gasteiger partial charge in [0.15, 0.2) is 0 Å². The van der Waals surface area contributed by atoms with Crippen LogP contribution < -0.4 is 10.0 Å². The molecule has 0 heterocycles.